The summed E-state index contributed by atoms with van der Waals surface area (Å²) in [4.78, 5) is 14.9. The van der Waals surface area contributed by atoms with Gasteiger partial charge < -0.3 is 9.47 Å². The molecule has 1 heterocycles. The van der Waals surface area contributed by atoms with E-state index in [9.17, 15) is 4.79 Å². The van der Waals surface area contributed by atoms with E-state index in [0.717, 1.165) is 0 Å². The predicted molar refractivity (Wildman–Crippen MR) is 69.8 cm³/mol. The number of rotatable bonds is 2. The van der Waals surface area contributed by atoms with Crippen molar-refractivity contribution in [1.29, 1.82) is 0 Å². The van der Waals surface area contributed by atoms with Crippen molar-refractivity contribution in [1.82, 2.24) is 4.98 Å². The van der Waals surface area contributed by atoms with Gasteiger partial charge in [0.25, 0.3) is 0 Å². The molecule has 0 atom stereocenters. The molecule has 0 saturated carbocycles. The first-order chi connectivity index (χ1) is 8.19. The summed E-state index contributed by atoms with van der Waals surface area (Å²) in [7, 11) is 2.73. The number of carbonyl (C=O) groups excluding carboxylic acids is 1. The first-order valence-electron chi connectivity index (χ1n) is 5.47. The van der Waals surface area contributed by atoms with Gasteiger partial charge in [0.2, 0.25) is 0 Å². The Balaban J connectivity index is 0. The van der Waals surface area contributed by atoms with Crippen molar-refractivity contribution in [3.8, 4) is 5.75 Å². The summed E-state index contributed by atoms with van der Waals surface area (Å²) < 4.78 is 9.44. The maximum atomic E-state index is 11.1. The third kappa shape index (κ3) is 6.12. The van der Waals surface area contributed by atoms with Gasteiger partial charge in [0.05, 0.1) is 14.2 Å². The number of esters is 1. The maximum absolute atomic E-state index is 11.1. The highest BCUT2D eigenvalue weighted by Crippen LogP contribution is 2.21. The van der Waals surface area contributed by atoms with Crippen LogP contribution in [0.25, 0.3) is 0 Å². The smallest absolute Gasteiger partial charge is 0.343 e. The summed E-state index contributed by atoms with van der Waals surface area (Å²) in [5.41, 5.74) is 0.259. The molecular weight excluding hydrogens is 242 g/mol. The van der Waals surface area contributed by atoms with Gasteiger partial charge in [-0.2, -0.15) is 0 Å². The Morgan fingerprint density at radius 3 is 2.18 bits per heavy atom. The van der Waals surface area contributed by atoms with Crippen LogP contribution in [-0.4, -0.2) is 25.2 Å². The third-order valence-corrected chi connectivity index (χ3v) is 1.66. The van der Waals surface area contributed by atoms with E-state index in [1.54, 1.807) is 0 Å². The first kappa shape index (κ1) is 18.1. The van der Waals surface area contributed by atoms with Crippen LogP contribution < -0.4 is 4.74 Å². The summed E-state index contributed by atoms with van der Waals surface area (Å²) in [6.07, 6.45) is 1.31. The second-order valence-corrected chi connectivity index (χ2v) is 2.59. The zero-order valence-electron chi connectivity index (χ0n) is 11.2. The highest BCUT2D eigenvalue weighted by Gasteiger charge is 2.13. The fourth-order valence-electron chi connectivity index (χ4n) is 0.845. The summed E-state index contributed by atoms with van der Waals surface area (Å²) in [6, 6.07) is 1.45. The Hall–Kier alpha value is -1.29. The van der Waals surface area contributed by atoms with Crippen LogP contribution in [0.3, 0.4) is 0 Å². The fourth-order valence-corrected chi connectivity index (χ4v) is 0.993. The Bertz CT molecular complexity index is 330. The number of nitrogens with zero attached hydrogens (tertiary/aromatic N) is 1. The lowest BCUT2D eigenvalue weighted by molar-refractivity contribution is 0.0596. The van der Waals surface area contributed by atoms with Crippen LogP contribution in [0.2, 0.25) is 5.15 Å². The zero-order valence-corrected chi connectivity index (χ0v) is 12.0. The number of halogens is 1. The van der Waals surface area contributed by atoms with Gasteiger partial charge in [0.15, 0.2) is 0 Å². The highest BCUT2D eigenvalue weighted by molar-refractivity contribution is 6.29. The summed E-state index contributed by atoms with van der Waals surface area (Å²) in [5.74, 6) is -0.145. The van der Waals surface area contributed by atoms with Crippen LogP contribution in [0.4, 0.5) is 0 Å². The molecule has 0 N–H and O–H groups in total. The van der Waals surface area contributed by atoms with Crippen molar-refractivity contribution in [3.63, 3.8) is 0 Å². The topological polar surface area (TPSA) is 48.4 Å². The summed E-state index contributed by atoms with van der Waals surface area (Å²) >= 11 is 5.60. The van der Waals surface area contributed by atoms with E-state index < -0.39 is 5.97 Å². The summed E-state index contributed by atoms with van der Waals surface area (Å²) in [5, 5.41) is 0.268. The molecule has 1 rings (SSSR count). The lowest BCUT2D eigenvalue weighted by Crippen LogP contribution is -2.04. The molecule has 17 heavy (non-hydrogen) atoms. The molecule has 0 bridgehead atoms. The van der Waals surface area contributed by atoms with Crippen LogP contribution >= 0.6 is 11.6 Å². The van der Waals surface area contributed by atoms with Gasteiger partial charge in [0, 0.05) is 12.3 Å². The molecule has 98 valence electrons. The number of hydrogen-bond donors (Lipinski definition) is 0. The minimum absolute atomic E-state index is 0.259. The molecule has 0 radical (unpaired) electrons. The highest BCUT2D eigenvalue weighted by atomic mass is 35.5. The Morgan fingerprint density at radius 1 is 1.24 bits per heavy atom. The molecule has 1 aromatic heterocycles. The van der Waals surface area contributed by atoms with E-state index in [-0.39, 0.29) is 10.7 Å². The van der Waals surface area contributed by atoms with E-state index >= 15 is 0 Å². The molecule has 0 aliphatic rings. The monoisotopic (exact) mass is 261 g/mol. The van der Waals surface area contributed by atoms with E-state index in [4.69, 9.17) is 16.3 Å². The lowest BCUT2D eigenvalue weighted by Gasteiger charge is -2.05. The molecule has 0 fully saturated rings. The minimum Gasteiger partial charge on any atom is -0.496 e. The molecule has 5 heteroatoms. The van der Waals surface area contributed by atoms with E-state index in [1.165, 1.54) is 26.5 Å². The SMILES string of the molecule is CC.CC.COC(=O)c1cnc(Cl)cc1OC. The minimum atomic E-state index is -0.499. The second-order valence-electron chi connectivity index (χ2n) is 2.20. The van der Waals surface area contributed by atoms with Gasteiger partial charge in [-0.05, 0) is 0 Å². The molecule has 0 unspecified atom stereocenters. The Kier molecular flexibility index (Phi) is 11.9. The number of methoxy groups -OCH3 is 2. The van der Waals surface area contributed by atoms with Gasteiger partial charge in [0.1, 0.15) is 16.5 Å². The van der Waals surface area contributed by atoms with Crippen molar-refractivity contribution >= 4 is 17.6 Å². The average molecular weight is 262 g/mol. The number of pyridine rings is 1. The van der Waals surface area contributed by atoms with E-state index in [2.05, 4.69) is 9.72 Å². The van der Waals surface area contributed by atoms with Crippen molar-refractivity contribution < 1.29 is 14.3 Å². The molecule has 1 aromatic rings. The first-order valence-corrected chi connectivity index (χ1v) is 5.84. The quantitative estimate of drug-likeness (QED) is 0.603. The molecule has 0 aliphatic carbocycles. The van der Waals surface area contributed by atoms with Crippen molar-refractivity contribution in [2.24, 2.45) is 0 Å². The number of aromatic nitrogens is 1. The van der Waals surface area contributed by atoms with Crippen molar-refractivity contribution in [3.05, 3.63) is 23.0 Å². The average Bonchev–Trinajstić information content (AvgIpc) is 2.42. The third-order valence-electron chi connectivity index (χ3n) is 1.46. The number of hydrogen-bond acceptors (Lipinski definition) is 4. The molecular formula is C12H20ClNO3. The number of carbonyl (C=O) groups is 1. The van der Waals surface area contributed by atoms with Gasteiger partial charge in [-0.25, -0.2) is 9.78 Å². The fraction of sp³-hybridized carbons (Fsp3) is 0.500. The largest absolute Gasteiger partial charge is 0.496 e. The van der Waals surface area contributed by atoms with Gasteiger partial charge in [-0.15, -0.1) is 0 Å². The molecule has 4 nitrogen and oxygen atoms in total. The van der Waals surface area contributed by atoms with E-state index in [0.29, 0.717) is 5.75 Å². The van der Waals surface area contributed by atoms with E-state index in [1.807, 2.05) is 27.7 Å². The normalized spacial score (nSPS) is 7.94. The van der Waals surface area contributed by atoms with Crippen molar-refractivity contribution in [2.45, 2.75) is 27.7 Å². The molecule has 0 aromatic carbocycles. The second kappa shape index (κ2) is 11.2. The Labute approximate surface area is 108 Å². The van der Waals surface area contributed by atoms with Crippen LogP contribution in [0.15, 0.2) is 12.3 Å². The Morgan fingerprint density at radius 2 is 1.76 bits per heavy atom. The van der Waals surface area contributed by atoms with Crippen LogP contribution in [0.1, 0.15) is 38.1 Å². The zero-order chi connectivity index (χ0) is 13.8. The molecule has 0 aliphatic heterocycles. The van der Waals surface area contributed by atoms with Crippen LogP contribution in [0.5, 0.6) is 5.75 Å². The van der Waals surface area contributed by atoms with Gasteiger partial charge >= 0.3 is 5.97 Å². The summed E-state index contributed by atoms with van der Waals surface area (Å²) in [6.45, 7) is 8.00. The lowest BCUT2D eigenvalue weighted by atomic mass is 10.2. The molecule has 0 spiro atoms. The standard InChI is InChI=1S/C8H8ClNO3.2C2H6/c1-12-6-3-7(9)10-4-5(6)8(11)13-2;2*1-2/h3-4H,1-2H3;2*1-2H3. The van der Waals surface area contributed by atoms with Crippen LogP contribution in [0, 0.1) is 0 Å². The predicted octanol–water partition coefficient (Wildman–Crippen LogP) is 3.58. The van der Waals surface area contributed by atoms with Crippen molar-refractivity contribution in [2.75, 3.05) is 14.2 Å². The van der Waals surface area contributed by atoms with Gasteiger partial charge in [-0.3, -0.25) is 0 Å². The molecule has 0 saturated heterocycles. The van der Waals surface area contributed by atoms with Gasteiger partial charge in [-0.1, -0.05) is 39.3 Å². The molecule has 0 amide bonds. The maximum Gasteiger partial charge on any atom is 0.343 e. The van der Waals surface area contributed by atoms with Crippen LogP contribution in [-0.2, 0) is 4.74 Å². The number of ether oxygens (including phenoxy) is 2.